The van der Waals surface area contributed by atoms with Crippen LogP contribution < -0.4 is 0 Å². The molecule has 0 aromatic heterocycles. The Morgan fingerprint density at radius 3 is 1.41 bits per heavy atom. The molecule has 0 atom stereocenters. The van der Waals surface area contributed by atoms with E-state index in [0.717, 1.165) is 23.7 Å². The van der Waals surface area contributed by atoms with Gasteiger partial charge in [-0.15, -0.1) is 0 Å². The van der Waals surface area contributed by atoms with Crippen LogP contribution in [0.25, 0.3) is 0 Å². The van der Waals surface area contributed by atoms with Crippen LogP contribution in [-0.4, -0.2) is 0 Å². The third kappa shape index (κ3) is 6.25. The van der Waals surface area contributed by atoms with Crippen molar-refractivity contribution >= 4 is 0 Å². The quantitative estimate of drug-likeness (QED) is 0.382. The van der Waals surface area contributed by atoms with Crippen LogP contribution in [-0.2, 0) is 0 Å². The minimum absolute atomic E-state index is 1.09. The van der Waals surface area contributed by atoms with Gasteiger partial charge < -0.3 is 0 Å². The molecule has 2 aliphatic rings. The van der Waals surface area contributed by atoms with E-state index in [0.29, 0.717) is 0 Å². The lowest BCUT2D eigenvalue weighted by Crippen LogP contribution is -2.25. The van der Waals surface area contributed by atoms with E-state index in [1.54, 1.807) is 51.4 Å². The molecule has 0 radical (unpaired) electrons. The van der Waals surface area contributed by atoms with Gasteiger partial charge in [-0.1, -0.05) is 90.9 Å². The molecule has 22 heavy (non-hydrogen) atoms. The van der Waals surface area contributed by atoms with Crippen molar-refractivity contribution in [3.05, 3.63) is 0 Å². The molecule has 2 saturated carbocycles. The van der Waals surface area contributed by atoms with Gasteiger partial charge in [0.2, 0.25) is 0 Å². The van der Waals surface area contributed by atoms with Crippen LogP contribution in [0, 0.1) is 23.7 Å². The topological polar surface area (TPSA) is 0 Å². The lowest BCUT2D eigenvalue weighted by molar-refractivity contribution is 0.139. The molecule has 0 aromatic rings. The fourth-order valence-electron chi connectivity index (χ4n) is 5.25. The summed E-state index contributed by atoms with van der Waals surface area (Å²) in [5.41, 5.74) is 0. The monoisotopic (exact) mass is 306 g/mol. The molecular weight excluding hydrogens is 264 g/mol. The third-order valence-corrected chi connectivity index (χ3v) is 6.88. The second-order valence-corrected chi connectivity index (χ2v) is 8.55. The predicted molar refractivity (Wildman–Crippen MR) is 99.2 cm³/mol. The van der Waals surface area contributed by atoms with Crippen LogP contribution in [0.5, 0.6) is 0 Å². The van der Waals surface area contributed by atoms with Gasteiger partial charge in [0.25, 0.3) is 0 Å². The Kier molecular flexibility index (Phi) is 8.93. The van der Waals surface area contributed by atoms with Gasteiger partial charge in [0.15, 0.2) is 0 Å². The van der Waals surface area contributed by atoms with Crippen LogP contribution in [0.2, 0.25) is 0 Å². The standard InChI is InChI=1S/C22H42/c1-3-5-7-8-10-20-13-17-22(18-14-20)21-15-11-19(12-16-21)9-6-4-2/h19-22H,3-18H2,1-2H3. The Morgan fingerprint density at radius 2 is 0.955 bits per heavy atom. The summed E-state index contributed by atoms with van der Waals surface area (Å²) < 4.78 is 0. The SMILES string of the molecule is CCCCCCC1CCC(C2CCC(CCCC)CC2)CC1. The second kappa shape index (κ2) is 10.7. The van der Waals surface area contributed by atoms with E-state index in [1.165, 1.54) is 51.4 Å². The van der Waals surface area contributed by atoms with Crippen molar-refractivity contribution in [1.29, 1.82) is 0 Å². The minimum atomic E-state index is 1.09. The fourth-order valence-corrected chi connectivity index (χ4v) is 5.25. The Hall–Kier alpha value is 0. The summed E-state index contributed by atoms with van der Waals surface area (Å²) in [7, 11) is 0. The summed E-state index contributed by atoms with van der Waals surface area (Å²) in [4.78, 5) is 0. The second-order valence-electron chi connectivity index (χ2n) is 8.55. The first-order valence-electron chi connectivity index (χ1n) is 10.8. The molecular formula is C22H42. The predicted octanol–water partition coefficient (Wildman–Crippen LogP) is 7.76. The van der Waals surface area contributed by atoms with E-state index < -0.39 is 0 Å². The molecule has 2 fully saturated rings. The highest BCUT2D eigenvalue weighted by Gasteiger charge is 2.30. The first-order chi connectivity index (χ1) is 10.8. The summed E-state index contributed by atoms with van der Waals surface area (Å²) in [6, 6.07) is 0. The summed E-state index contributed by atoms with van der Waals surface area (Å²) in [5, 5.41) is 0. The van der Waals surface area contributed by atoms with E-state index in [4.69, 9.17) is 0 Å². The van der Waals surface area contributed by atoms with Crippen LogP contribution in [0.15, 0.2) is 0 Å². The van der Waals surface area contributed by atoms with Crippen LogP contribution >= 0.6 is 0 Å². The Labute approximate surface area is 140 Å². The molecule has 130 valence electrons. The zero-order valence-corrected chi connectivity index (χ0v) is 15.6. The molecule has 0 heterocycles. The maximum atomic E-state index is 2.34. The number of hydrogen-bond donors (Lipinski definition) is 0. The van der Waals surface area contributed by atoms with Crippen molar-refractivity contribution < 1.29 is 0 Å². The van der Waals surface area contributed by atoms with Crippen molar-refractivity contribution in [3.8, 4) is 0 Å². The summed E-state index contributed by atoms with van der Waals surface area (Å²) >= 11 is 0. The van der Waals surface area contributed by atoms with E-state index >= 15 is 0 Å². The molecule has 0 N–H and O–H groups in total. The normalized spacial score (nSPS) is 33.0. The van der Waals surface area contributed by atoms with Crippen LogP contribution in [0.1, 0.15) is 117 Å². The van der Waals surface area contributed by atoms with Gasteiger partial charge in [0.05, 0.1) is 0 Å². The summed E-state index contributed by atoms with van der Waals surface area (Å²) in [6.45, 7) is 4.66. The van der Waals surface area contributed by atoms with Crippen molar-refractivity contribution in [1.82, 2.24) is 0 Å². The van der Waals surface area contributed by atoms with E-state index in [1.807, 2.05) is 0 Å². The van der Waals surface area contributed by atoms with Gasteiger partial charge in [0, 0.05) is 0 Å². The van der Waals surface area contributed by atoms with E-state index in [-0.39, 0.29) is 0 Å². The molecule has 0 heteroatoms. The lowest BCUT2D eigenvalue weighted by Gasteiger charge is -2.38. The zero-order chi connectivity index (χ0) is 15.6. The molecule has 0 spiro atoms. The van der Waals surface area contributed by atoms with Gasteiger partial charge in [-0.2, -0.15) is 0 Å². The first-order valence-corrected chi connectivity index (χ1v) is 10.8. The Bertz CT molecular complexity index is 253. The van der Waals surface area contributed by atoms with Crippen molar-refractivity contribution in [2.45, 2.75) is 117 Å². The third-order valence-electron chi connectivity index (χ3n) is 6.88. The van der Waals surface area contributed by atoms with Crippen LogP contribution in [0.3, 0.4) is 0 Å². The summed E-state index contributed by atoms with van der Waals surface area (Å²) in [6.07, 6.45) is 24.3. The summed E-state index contributed by atoms with van der Waals surface area (Å²) in [5.74, 6) is 4.40. The highest BCUT2D eigenvalue weighted by molar-refractivity contribution is 4.82. The maximum Gasteiger partial charge on any atom is -0.0386 e. The molecule has 2 aliphatic carbocycles. The first kappa shape index (κ1) is 18.3. The van der Waals surface area contributed by atoms with Gasteiger partial charge in [-0.05, 0) is 49.4 Å². The molecule has 2 rings (SSSR count). The highest BCUT2D eigenvalue weighted by atomic mass is 14.4. The number of rotatable bonds is 9. The smallest absolute Gasteiger partial charge is 0.0386 e. The van der Waals surface area contributed by atoms with Gasteiger partial charge >= 0.3 is 0 Å². The maximum absolute atomic E-state index is 2.34. The lowest BCUT2D eigenvalue weighted by atomic mass is 9.68. The van der Waals surface area contributed by atoms with Crippen molar-refractivity contribution in [2.24, 2.45) is 23.7 Å². The fraction of sp³-hybridized carbons (Fsp3) is 1.00. The molecule has 0 aliphatic heterocycles. The average molecular weight is 307 g/mol. The molecule has 0 unspecified atom stereocenters. The van der Waals surface area contributed by atoms with Crippen molar-refractivity contribution in [3.63, 3.8) is 0 Å². The minimum Gasteiger partial charge on any atom is -0.0654 e. The highest BCUT2D eigenvalue weighted by Crippen LogP contribution is 2.43. The van der Waals surface area contributed by atoms with Crippen molar-refractivity contribution in [2.75, 3.05) is 0 Å². The Balaban J connectivity index is 1.57. The average Bonchev–Trinajstić information content (AvgIpc) is 2.58. The molecule has 0 nitrogen and oxygen atoms in total. The number of unbranched alkanes of at least 4 members (excludes halogenated alkanes) is 4. The molecule has 0 amide bonds. The van der Waals surface area contributed by atoms with Gasteiger partial charge in [0.1, 0.15) is 0 Å². The zero-order valence-electron chi connectivity index (χ0n) is 15.6. The molecule has 0 saturated heterocycles. The largest absolute Gasteiger partial charge is 0.0654 e. The molecule has 0 bridgehead atoms. The van der Waals surface area contributed by atoms with Crippen LogP contribution in [0.4, 0.5) is 0 Å². The van der Waals surface area contributed by atoms with E-state index in [2.05, 4.69) is 13.8 Å². The van der Waals surface area contributed by atoms with Gasteiger partial charge in [-0.25, -0.2) is 0 Å². The Morgan fingerprint density at radius 1 is 0.500 bits per heavy atom. The number of hydrogen-bond acceptors (Lipinski definition) is 0. The van der Waals surface area contributed by atoms with Gasteiger partial charge in [-0.3, -0.25) is 0 Å². The molecule has 0 aromatic carbocycles. The van der Waals surface area contributed by atoms with E-state index in [9.17, 15) is 0 Å².